The quantitative estimate of drug-likeness (QED) is 0.839. The molecule has 0 radical (unpaired) electrons. The van der Waals surface area contributed by atoms with Crippen LogP contribution in [0.4, 0.5) is 5.69 Å². The third-order valence-electron chi connectivity index (χ3n) is 3.61. The number of hydrogen-bond donors (Lipinski definition) is 2. The minimum atomic E-state index is -0.218. The second-order valence-electron chi connectivity index (χ2n) is 4.89. The number of nitrogens with zero attached hydrogens (tertiary/aromatic N) is 1. The van der Waals surface area contributed by atoms with Crippen molar-refractivity contribution < 1.29 is 4.79 Å². The van der Waals surface area contributed by atoms with Crippen molar-refractivity contribution in [1.29, 1.82) is 0 Å². The molecular weight excluding hydrogens is 226 g/mol. The second kappa shape index (κ2) is 5.40. The highest BCUT2D eigenvalue weighted by atomic mass is 16.1. The first-order chi connectivity index (χ1) is 8.63. The lowest BCUT2D eigenvalue weighted by atomic mass is 10.1. The van der Waals surface area contributed by atoms with E-state index >= 15 is 0 Å². The summed E-state index contributed by atoms with van der Waals surface area (Å²) in [5.74, 6) is -0.218. The van der Waals surface area contributed by atoms with Gasteiger partial charge in [-0.3, -0.25) is 4.79 Å². The lowest BCUT2D eigenvalue weighted by molar-refractivity contribution is -0.119. The van der Waals surface area contributed by atoms with Gasteiger partial charge in [0.15, 0.2) is 0 Å². The summed E-state index contributed by atoms with van der Waals surface area (Å²) in [7, 11) is 1.94. The van der Waals surface area contributed by atoms with Gasteiger partial charge in [-0.2, -0.15) is 0 Å². The molecule has 1 saturated heterocycles. The molecule has 0 aliphatic carbocycles. The molecule has 3 N–H and O–H groups in total. The number of nitrogens with two attached hydrogens (primary N) is 1. The first-order valence-corrected chi connectivity index (χ1v) is 6.43. The summed E-state index contributed by atoms with van der Waals surface area (Å²) in [5.41, 5.74) is 9.09. The average molecular weight is 247 g/mol. The van der Waals surface area contributed by atoms with Crippen LogP contribution in [0.5, 0.6) is 0 Å². The van der Waals surface area contributed by atoms with E-state index in [1.807, 2.05) is 7.05 Å². The molecule has 1 fully saturated rings. The van der Waals surface area contributed by atoms with Crippen LogP contribution in [-0.4, -0.2) is 25.5 Å². The number of amides is 1. The molecule has 1 atom stereocenters. The number of anilines is 1. The average Bonchev–Trinajstić information content (AvgIpc) is 2.81. The van der Waals surface area contributed by atoms with E-state index in [-0.39, 0.29) is 11.9 Å². The van der Waals surface area contributed by atoms with Crippen LogP contribution < -0.4 is 16.0 Å². The summed E-state index contributed by atoms with van der Waals surface area (Å²) in [6.45, 7) is 3.88. The van der Waals surface area contributed by atoms with Crippen LogP contribution in [0.15, 0.2) is 18.2 Å². The van der Waals surface area contributed by atoms with Crippen LogP contribution in [0.1, 0.15) is 24.0 Å². The Bertz CT molecular complexity index is 445. The zero-order chi connectivity index (χ0) is 13.1. The van der Waals surface area contributed by atoms with Crippen molar-refractivity contribution in [2.75, 3.05) is 18.5 Å². The molecule has 1 unspecified atom stereocenters. The Hall–Kier alpha value is -1.55. The smallest absolute Gasteiger partial charge is 0.240 e. The summed E-state index contributed by atoms with van der Waals surface area (Å²) < 4.78 is 0. The summed E-state index contributed by atoms with van der Waals surface area (Å²) in [4.78, 5) is 13.5. The van der Waals surface area contributed by atoms with Gasteiger partial charge in [0.05, 0.1) is 0 Å². The van der Waals surface area contributed by atoms with E-state index < -0.39 is 0 Å². The van der Waals surface area contributed by atoms with E-state index in [9.17, 15) is 4.79 Å². The zero-order valence-corrected chi connectivity index (χ0v) is 11.1. The molecule has 4 heteroatoms. The molecule has 0 bridgehead atoms. The van der Waals surface area contributed by atoms with E-state index in [0.717, 1.165) is 31.6 Å². The number of nitrogens with one attached hydrogen (secondary N) is 1. The van der Waals surface area contributed by atoms with Crippen molar-refractivity contribution in [3.63, 3.8) is 0 Å². The van der Waals surface area contributed by atoms with Gasteiger partial charge in [-0.15, -0.1) is 0 Å². The fourth-order valence-electron chi connectivity index (χ4n) is 2.62. The van der Waals surface area contributed by atoms with Gasteiger partial charge in [-0.25, -0.2) is 0 Å². The maximum atomic E-state index is 11.4. The second-order valence-corrected chi connectivity index (χ2v) is 4.89. The number of carbonyl (C=O) groups excluding carboxylic acids is 1. The molecule has 2 rings (SSSR count). The lowest BCUT2D eigenvalue weighted by Crippen LogP contribution is -2.40. The van der Waals surface area contributed by atoms with Crippen molar-refractivity contribution in [1.82, 2.24) is 5.32 Å². The van der Waals surface area contributed by atoms with Crippen LogP contribution in [-0.2, 0) is 11.3 Å². The summed E-state index contributed by atoms with van der Waals surface area (Å²) >= 11 is 0. The van der Waals surface area contributed by atoms with E-state index in [1.54, 1.807) is 0 Å². The number of hydrogen-bond acceptors (Lipinski definition) is 3. The summed E-state index contributed by atoms with van der Waals surface area (Å²) in [6.07, 6.45) is 1.90. The molecule has 1 aromatic rings. The predicted molar refractivity (Wildman–Crippen MR) is 73.5 cm³/mol. The third-order valence-corrected chi connectivity index (χ3v) is 3.61. The molecule has 1 aliphatic rings. The van der Waals surface area contributed by atoms with E-state index in [0.29, 0.717) is 0 Å². The Morgan fingerprint density at radius 2 is 2.33 bits per heavy atom. The topological polar surface area (TPSA) is 58.4 Å². The largest absolute Gasteiger partial charge is 0.368 e. The highest BCUT2D eigenvalue weighted by Crippen LogP contribution is 2.27. The Kier molecular flexibility index (Phi) is 3.87. The molecule has 1 amide bonds. The Morgan fingerprint density at radius 1 is 1.56 bits per heavy atom. The standard InChI is InChI=1S/C14H21N3O/c1-10-8-12(6-5-11(10)9-16-2)17-7-3-4-13(17)14(15)18/h5-6,8,13,16H,3-4,7,9H2,1-2H3,(H2,15,18). The molecular formula is C14H21N3O. The molecule has 4 nitrogen and oxygen atoms in total. The number of aryl methyl sites for hydroxylation is 1. The van der Waals surface area contributed by atoms with E-state index in [1.165, 1.54) is 11.1 Å². The SMILES string of the molecule is CNCc1ccc(N2CCCC2C(N)=O)cc1C. The van der Waals surface area contributed by atoms with Crippen LogP contribution in [0.3, 0.4) is 0 Å². The van der Waals surface area contributed by atoms with Crippen molar-refractivity contribution >= 4 is 11.6 Å². The molecule has 98 valence electrons. The third kappa shape index (κ3) is 2.48. The summed E-state index contributed by atoms with van der Waals surface area (Å²) in [6, 6.07) is 6.21. The Balaban J connectivity index is 2.23. The molecule has 0 spiro atoms. The minimum absolute atomic E-state index is 0.139. The van der Waals surface area contributed by atoms with Gasteiger partial charge in [-0.05, 0) is 50.1 Å². The molecule has 1 heterocycles. The van der Waals surface area contributed by atoms with Crippen molar-refractivity contribution in [3.05, 3.63) is 29.3 Å². The zero-order valence-electron chi connectivity index (χ0n) is 11.1. The van der Waals surface area contributed by atoms with Crippen molar-refractivity contribution in [2.45, 2.75) is 32.4 Å². The molecule has 1 aliphatic heterocycles. The van der Waals surface area contributed by atoms with Crippen LogP contribution in [0.25, 0.3) is 0 Å². The van der Waals surface area contributed by atoms with Gasteiger partial charge in [-0.1, -0.05) is 6.07 Å². The van der Waals surface area contributed by atoms with E-state index in [4.69, 9.17) is 5.73 Å². The van der Waals surface area contributed by atoms with Gasteiger partial charge in [0.2, 0.25) is 5.91 Å². The highest BCUT2D eigenvalue weighted by molar-refractivity contribution is 5.84. The number of carbonyl (C=O) groups is 1. The molecule has 0 aromatic heterocycles. The summed E-state index contributed by atoms with van der Waals surface area (Å²) in [5, 5.41) is 3.15. The van der Waals surface area contributed by atoms with Gasteiger partial charge in [0.25, 0.3) is 0 Å². The monoisotopic (exact) mass is 247 g/mol. The Morgan fingerprint density at radius 3 is 2.94 bits per heavy atom. The maximum absolute atomic E-state index is 11.4. The maximum Gasteiger partial charge on any atom is 0.240 e. The fraction of sp³-hybridized carbons (Fsp3) is 0.500. The molecule has 0 saturated carbocycles. The first kappa shape index (κ1) is 12.9. The van der Waals surface area contributed by atoms with Crippen LogP contribution in [0, 0.1) is 6.92 Å². The van der Waals surface area contributed by atoms with Gasteiger partial charge >= 0.3 is 0 Å². The minimum Gasteiger partial charge on any atom is -0.368 e. The van der Waals surface area contributed by atoms with Crippen molar-refractivity contribution in [3.8, 4) is 0 Å². The molecule has 1 aromatic carbocycles. The van der Waals surface area contributed by atoms with Crippen molar-refractivity contribution in [2.24, 2.45) is 5.73 Å². The number of benzene rings is 1. The first-order valence-electron chi connectivity index (χ1n) is 6.43. The fourth-order valence-corrected chi connectivity index (χ4v) is 2.62. The number of primary amides is 1. The normalized spacial score (nSPS) is 19.2. The lowest BCUT2D eigenvalue weighted by Gasteiger charge is -2.25. The van der Waals surface area contributed by atoms with Crippen LogP contribution in [0.2, 0.25) is 0 Å². The Labute approximate surface area is 108 Å². The van der Waals surface area contributed by atoms with E-state index in [2.05, 4.69) is 35.3 Å². The van der Waals surface area contributed by atoms with Gasteiger partial charge < -0.3 is 16.0 Å². The number of rotatable bonds is 4. The molecule has 18 heavy (non-hydrogen) atoms. The predicted octanol–water partition coefficient (Wildman–Crippen LogP) is 1.17. The van der Waals surface area contributed by atoms with Crippen LogP contribution >= 0.6 is 0 Å². The van der Waals surface area contributed by atoms with Gasteiger partial charge in [0, 0.05) is 18.8 Å². The van der Waals surface area contributed by atoms with Gasteiger partial charge in [0.1, 0.15) is 6.04 Å². The highest BCUT2D eigenvalue weighted by Gasteiger charge is 2.29.